The number of halogens is 1. The number of benzene rings is 1. The second-order valence-electron chi connectivity index (χ2n) is 7.01. The quantitative estimate of drug-likeness (QED) is 0.565. The predicted molar refractivity (Wildman–Crippen MR) is 102 cm³/mol. The molecule has 140 valence electrons. The standard InChI is InChI=1S/C20H25ClN2O3/c1-14-8-11-22(12-9-14)18-17(15-4-6-16(21)7-5-15)19(24)23(20(18)25)10-3-13-26-2/h4-7,14H,3,8-13H2,1-2H3. The zero-order valence-electron chi connectivity index (χ0n) is 15.3. The molecule has 5 nitrogen and oxygen atoms in total. The van der Waals surface area contributed by atoms with E-state index in [4.69, 9.17) is 16.3 Å². The maximum Gasteiger partial charge on any atom is 0.277 e. The lowest BCUT2D eigenvalue weighted by Crippen LogP contribution is -2.39. The molecule has 1 saturated heterocycles. The number of piperidine rings is 1. The van der Waals surface area contributed by atoms with E-state index < -0.39 is 0 Å². The Hall–Kier alpha value is -1.85. The molecule has 2 amide bonds. The number of amides is 2. The number of hydrogen-bond donors (Lipinski definition) is 0. The predicted octanol–water partition coefficient (Wildman–Crippen LogP) is 3.19. The smallest absolute Gasteiger partial charge is 0.277 e. The van der Waals surface area contributed by atoms with Crippen molar-refractivity contribution in [3.63, 3.8) is 0 Å². The highest BCUT2D eigenvalue weighted by Crippen LogP contribution is 2.34. The molecule has 0 saturated carbocycles. The molecule has 1 aromatic carbocycles. The average molecular weight is 377 g/mol. The summed E-state index contributed by atoms with van der Waals surface area (Å²) in [4.78, 5) is 29.6. The molecule has 0 spiro atoms. The maximum absolute atomic E-state index is 13.1. The number of rotatable bonds is 6. The van der Waals surface area contributed by atoms with Gasteiger partial charge in [-0.05, 0) is 42.9 Å². The Labute approximate surface area is 159 Å². The van der Waals surface area contributed by atoms with Crippen LogP contribution < -0.4 is 0 Å². The fourth-order valence-corrected chi connectivity index (χ4v) is 3.66. The van der Waals surface area contributed by atoms with Gasteiger partial charge in [-0.25, -0.2) is 0 Å². The van der Waals surface area contributed by atoms with Crippen molar-refractivity contribution in [2.24, 2.45) is 5.92 Å². The third-order valence-corrected chi connectivity index (χ3v) is 5.36. The zero-order valence-corrected chi connectivity index (χ0v) is 16.1. The van der Waals surface area contributed by atoms with Gasteiger partial charge in [0.05, 0.1) is 5.57 Å². The number of hydrogen-bond acceptors (Lipinski definition) is 4. The summed E-state index contributed by atoms with van der Waals surface area (Å²) in [5.74, 6) is 0.239. The van der Waals surface area contributed by atoms with E-state index in [1.165, 1.54) is 4.90 Å². The lowest BCUT2D eigenvalue weighted by Gasteiger charge is -2.32. The van der Waals surface area contributed by atoms with Crippen LogP contribution in [-0.2, 0) is 14.3 Å². The van der Waals surface area contributed by atoms with Gasteiger partial charge in [0.2, 0.25) is 0 Å². The first kappa shape index (κ1) is 18.9. The van der Waals surface area contributed by atoms with Gasteiger partial charge in [0.15, 0.2) is 0 Å². The van der Waals surface area contributed by atoms with E-state index in [1.54, 1.807) is 19.2 Å². The van der Waals surface area contributed by atoms with Gasteiger partial charge < -0.3 is 9.64 Å². The van der Waals surface area contributed by atoms with Crippen LogP contribution in [0.15, 0.2) is 30.0 Å². The molecule has 2 aliphatic rings. The van der Waals surface area contributed by atoms with Crippen molar-refractivity contribution >= 4 is 29.0 Å². The summed E-state index contributed by atoms with van der Waals surface area (Å²) in [6.45, 7) is 4.72. The third-order valence-electron chi connectivity index (χ3n) is 5.11. The lowest BCUT2D eigenvalue weighted by atomic mass is 9.97. The molecule has 3 rings (SSSR count). The molecule has 0 atom stereocenters. The van der Waals surface area contributed by atoms with E-state index in [2.05, 4.69) is 11.8 Å². The van der Waals surface area contributed by atoms with Crippen molar-refractivity contribution in [2.75, 3.05) is 33.4 Å². The van der Waals surface area contributed by atoms with E-state index in [0.29, 0.717) is 41.8 Å². The number of nitrogens with zero attached hydrogens (tertiary/aromatic N) is 2. The van der Waals surface area contributed by atoms with Gasteiger partial charge in [-0.2, -0.15) is 0 Å². The van der Waals surface area contributed by atoms with Crippen LogP contribution in [-0.4, -0.2) is 55.0 Å². The molecule has 0 aliphatic carbocycles. The van der Waals surface area contributed by atoms with Gasteiger partial charge in [0, 0.05) is 38.4 Å². The minimum Gasteiger partial charge on any atom is -0.385 e. The van der Waals surface area contributed by atoms with E-state index in [9.17, 15) is 9.59 Å². The average Bonchev–Trinajstić information content (AvgIpc) is 2.88. The lowest BCUT2D eigenvalue weighted by molar-refractivity contribution is -0.137. The molecule has 1 aromatic rings. The Bertz CT molecular complexity index is 706. The summed E-state index contributed by atoms with van der Waals surface area (Å²) >= 11 is 6.00. The van der Waals surface area contributed by atoms with Crippen molar-refractivity contribution in [3.05, 3.63) is 40.5 Å². The van der Waals surface area contributed by atoms with Crippen molar-refractivity contribution in [1.82, 2.24) is 9.80 Å². The first-order valence-corrected chi connectivity index (χ1v) is 9.51. The van der Waals surface area contributed by atoms with Crippen LogP contribution in [0.2, 0.25) is 5.02 Å². The van der Waals surface area contributed by atoms with Crippen LogP contribution in [0.4, 0.5) is 0 Å². The zero-order chi connectivity index (χ0) is 18.7. The molecular formula is C20H25ClN2O3. The van der Waals surface area contributed by atoms with E-state index in [1.807, 2.05) is 12.1 Å². The van der Waals surface area contributed by atoms with Gasteiger partial charge >= 0.3 is 0 Å². The fraction of sp³-hybridized carbons (Fsp3) is 0.500. The molecule has 26 heavy (non-hydrogen) atoms. The highest BCUT2D eigenvalue weighted by Gasteiger charge is 2.41. The van der Waals surface area contributed by atoms with Crippen LogP contribution in [0.3, 0.4) is 0 Å². The number of carbonyl (C=O) groups excluding carboxylic acids is 2. The Morgan fingerprint density at radius 2 is 1.77 bits per heavy atom. The Morgan fingerprint density at radius 1 is 1.12 bits per heavy atom. The van der Waals surface area contributed by atoms with Crippen molar-refractivity contribution in [1.29, 1.82) is 0 Å². The largest absolute Gasteiger partial charge is 0.385 e. The molecule has 0 N–H and O–H groups in total. The maximum atomic E-state index is 13.1. The van der Waals surface area contributed by atoms with Crippen LogP contribution in [0.5, 0.6) is 0 Å². The van der Waals surface area contributed by atoms with Crippen LogP contribution >= 0.6 is 11.6 Å². The van der Waals surface area contributed by atoms with Crippen molar-refractivity contribution < 1.29 is 14.3 Å². The Morgan fingerprint density at radius 3 is 2.38 bits per heavy atom. The molecule has 0 unspecified atom stereocenters. The SMILES string of the molecule is COCCCN1C(=O)C(c2ccc(Cl)cc2)=C(N2CCC(C)CC2)C1=O. The van der Waals surface area contributed by atoms with Gasteiger partial charge in [-0.15, -0.1) is 0 Å². The number of carbonyl (C=O) groups is 2. The number of ether oxygens (including phenoxy) is 1. The van der Waals surface area contributed by atoms with E-state index in [-0.39, 0.29) is 11.8 Å². The fourth-order valence-electron chi connectivity index (χ4n) is 3.54. The third kappa shape index (κ3) is 3.79. The Balaban J connectivity index is 1.95. The van der Waals surface area contributed by atoms with Gasteiger partial charge in [0.25, 0.3) is 11.8 Å². The summed E-state index contributed by atoms with van der Waals surface area (Å²) in [5.41, 5.74) is 1.79. The molecule has 0 radical (unpaired) electrons. The molecule has 2 aliphatic heterocycles. The highest BCUT2D eigenvalue weighted by atomic mass is 35.5. The number of imide groups is 1. The molecular weight excluding hydrogens is 352 g/mol. The van der Waals surface area contributed by atoms with Crippen LogP contribution in [0.1, 0.15) is 31.7 Å². The minimum atomic E-state index is -0.220. The van der Waals surface area contributed by atoms with Crippen LogP contribution in [0.25, 0.3) is 5.57 Å². The summed E-state index contributed by atoms with van der Waals surface area (Å²) in [6.07, 6.45) is 2.69. The van der Waals surface area contributed by atoms with Crippen molar-refractivity contribution in [3.8, 4) is 0 Å². The Kier molecular flexibility index (Phi) is 5.99. The summed E-state index contributed by atoms with van der Waals surface area (Å²) in [7, 11) is 1.62. The second kappa shape index (κ2) is 8.23. The first-order chi connectivity index (χ1) is 12.5. The normalized spacial score (nSPS) is 19.0. The monoisotopic (exact) mass is 376 g/mol. The minimum absolute atomic E-state index is 0.189. The number of likely N-dealkylation sites (tertiary alicyclic amines) is 1. The van der Waals surface area contributed by atoms with Crippen LogP contribution in [0, 0.1) is 5.92 Å². The van der Waals surface area contributed by atoms with Gasteiger partial charge in [-0.3, -0.25) is 14.5 Å². The molecule has 6 heteroatoms. The molecule has 0 bridgehead atoms. The summed E-state index contributed by atoms with van der Waals surface area (Å²) in [6, 6.07) is 7.14. The van der Waals surface area contributed by atoms with Gasteiger partial charge in [-0.1, -0.05) is 30.7 Å². The second-order valence-corrected chi connectivity index (χ2v) is 7.44. The summed E-state index contributed by atoms with van der Waals surface area (Å²) in [5, 5.41) is 0.608. The highest BCUT2D eigenvalue weighted by molar-refractivity contribution is 6.36. The van der Waals surface area contributed by atoms with E-state index >= 15 is 0 Å². The molecule has 0 aromatic heterocycles. The molecule has 1 fully saturated rings. The topological polar surface area (TPSA) is 49.9 Å². The van der Waals surface area contributed by atoms with E-state index in [0.717, 1.165) is 31.5 Å². The molecule has 2 heterocycles. The van der Waals surface area contributed by atoms with Crippen molar-refractivity contribution in [2.45, 2.75) is 26.2 Å². The first-order valence-electron chi connectivity index (χ1n) is 9.13. The summed E-state index contributed by atoms with van der Waals surface area (Å²) < 4.78 is 5.06. The van der Waals surface area contributed by atoms with Gasteiger partial charge in [0.1, 0.15) is 5.70 Å². The number of methoxy groups -OCH3 is 1.